The number of thioether (sulfide) groups is 1. The van der Waals surface area contributed by atoms with Gasteiger partial charge in [-0.3, -0.25) is 10.2 Å². The zero-order valence-electron chi connectivity index (χ0n) is 29.8. The van der Waals surface area contributed by atoms with E-state index in [0.717, 1.165) is 34.5 Å². The molecule has 16 heteroatoms. The van der Waals surface area contributed by atoms with Crippen LogP contribution in [0.1, 0.15) is 49.4 Å². The molecule has 3 rings (SSSR count). The Bertz CT molecular complexity index is 1750. The van der Waals surface area contributed by atoms with E-state index >= 15 is 0 Å². The number of carbonyl (C=O) groups is 2. The van der Waals surface area contributed by atoms with Gasteiger partial charge in [0.15, 0.2) is 5.17 Å². The normalized spacial score (nSPS) is 12.6. The van der Waals surface area contributed by atoms with Crippen molar-refractivity contribution in [1.29, 1.82) is 0 Å². The maximum absolute atomic E-state index is 12.6. The number of amides is 2. The summed E-state index contributed by atoms with van der Waals surface area (Å²) in [5.41, 5.74) is 12.9. The van der Waals surface area contributed by atoms with Crippen LogP contribution in [0, 0.1) is 13.8 Å². The summed E-state index contributed by atoms with van der Waals surface area (Å²) < 4.78 is 46.2. The zero-order valence-corrected chi connectivity index (χ0v) is 30.6. The number of nitrogens with two attached hydrogens (primary N) is 1. The van der Waals surface area contributed by atoms with E-state index in [0.29, 0.717) is 35.9 Å². The fourth-order valence-corrected chi connectivity index (χ4v) is 4.84. The minimum Gasteiger partial charge on any atom is -0.444 e. The number of hydrogen-bond acceptors (Lipinski definition) is 8. The van der Waals surface area contributed by atoms with Gasteiger partial charge in [-0.1, -0.05) is 54.2 Å². The number of benzene rings is 3. The first-order chi connectivity index (χ1) is 24.5. The van der Waals surface area contributed by atoms with Crippen LogP contribution >= 0.6 is 11.8 Å². The molecule has 0 aliphatic carbocycles. The number of aryl methyl sites for hydroxylation is 2. The predicted molar refractivity (Wildman–Crippen MR) is 201 cm³/mol. The molecule has 12 nitrogen and oxygen atoms in total. The van der Waals surface area contributed by atoms with Crippen LogP contribution in [0.5, 0.6) is 5.75 Å². The lowest BCUT2D eigenvalue weighted by Gasteiger charge is -2.24. The Hall–Kier alpha value is -5.38. The Balaban J connectivity index is 1.57. The first-order valence-electron chi connectivity index (χ1n) is 16.1. The number of rotatable bonds is 13. The summed E-state index contributed by atoms with van der Waals surface area (Å²) in [5.74, 6) is -0.287. The third-order valence-corrected chi connectivity index (χ3v) is 7.61. The highest BCUT2D eigenvalue weighted by atomic mass is 32.2. The van der Waals surface area contributed by atoms with E-state index in [2.05, 4.69) is 30.6 Å². The summed E-state index contributed by atoms with van der Waals surface area (Å²) in [7, 11) is 1.65. The Kier molecular flexibility index (Phi) is 15.2. The number of ether oxygens (including phenoxy) is 2. The molecule has 0 aromatic heterocycles. The zero-order chi connectivity index (χ0) is 38.3. The van der Waals surface area contributed by atoms with Gasteiger partial charge in [0, 0.05) is 25.7 Å². The fourth-order valence-electron chi connectivity index (χ4n) is 4.20. The molecule has 0 fully saturated rings. The highest BCUT2D eigenvalue weighted by Crippen LogP contribution is 2.26. The molecule has 3 aromatic rings. The largest absolute Gasteiger partial charge is 0.573 e. The number of nitrogens with one attached hydrogen (secondary N) is 2. The molecule has 0 heterocycles. The van der Waals surface area contributed by atoms with Crippen LogP contribution in [0.3, 0.4) is 0 Å². The average molecular weight is 741 g/mol. The van der Waals surface area contributed by atoms with Gasteiger partial charge in [-0.15, -0.1) is 13.2 Å². The predicted octanol–water partition coefficient (Wildman–Crippen LogP) is 6.98. The molecule has 0 spiro atoms. The number of nitrogens with zero attached hydrogens (tertiary/aromatic N) is 5. The molecule has 0 radical (unpaired) electrons. The van der Waals surface area contributed by atoms with Crippen molar-refractivity contribution >= 4 is 58.7 Å². The Labute approximate surface area is 305 Å². The van der Waals surface area contributed by atoms with Gasteiger partial charge >= 0.3 is 12.5 Å². The summed E-state index contributed by atoms with van der Waals surface area (Å²) in [6, 6.07) is 17.9. The van der Waals surface area contributed by atoms with Gasteiger partial charge in [0.25, 0.3) is 0 Å². The fraction of sp³-hybridized carbons (Fsp3) is 0.333. The van der Waals surface area contributed by atoms with Gasteiger partial charge in [0.1, 0.15) is 23.5 Å². The van der Waals surface area contributed by atoms with Crippen LogP contribution in [0.4, 0.5) is 29.3 Å². The van der Waals surface area contributed by atoms with Crippen LogP contribution in [0.25, 0.3) is 0 Å². The number of hydrogen-bond donors (Lipinski definition) is 3. The first kappa shape index (κ1) is 41.0. The van der Waals surface area contributed by atoms with Crippen LogP contribution in [-0.2, 0) is 9.53 Å². The number of para-hydroxylation sites is 1. The van der Waals surface area contributed by atoms with Gasteiger partial charge in [0.05, 0.1) is 23.3 Å². The monoisotopic (exact) mass is 740 g/mol. The lowest BCUT2D eigenvalue weighted by molar-refractivity contribution is -0.274. The number of hydrazone groups is 1. The third-order valence-electron chi connectivity index (χ3n) is 6.74. The Morgan fingerprint density at radius 3 is 2.25 bits per heavy atom. The van der Waals surface area contributed by atoms with Crippen LogP contribution < -0.4 is 21.2 Å². The summed E-state index contributed by atoms with van der Waals surface area (Å²) in [5, 5.41) is 7.62. The number of alkyl halides is 3. The van der Waals surface area contributed by atoms with Crippen molar-refractivity contribution in [2.75, 3.05) is 25.9 Å². The van der Waals surface area contributed by atoms with Gasteiger partial charge in [-0.25, -0.2) is 19.8 Å². The topological polar surface area (TPSA) is 155 Å². The smallest absolute Gasteiger partial charge is 0.444 e. The van der Waals surface area contributed by atoms with Crippen LogP contribution in [0.15, 0.2) is 86.8 Å². The molecule has 0 saturated heterocycles. The van der Waals surface area contributed by atoms with Crippen molar-refractivity contribution in [2.45, 2.75) is 53.0 Å². The standard InChI is InChI=1S/C36H43F3N8O4S/c1-24-9-7-10-25(2)31(24)45-33(52-22-30(48)41-19-8-20-47(6)34(49)51-35(3,4)5)46-44-21-26-11-13-27(14-12-26)32(40)43-23-42-28-15-17-29(18-16-28)50-36(37,38)39/h7,9-18,21,23H,8,19-20,22H2,1-6H3,(H,41,48)(H,45,46)(H2,40,42,43)/b44-21-. The van der Waals surface area contributed by atoms with E-state index in [-0.39, 0.29) is 23.2 Å². The number of halogens is 3. The van der Waals surface area contributed by atoms with Crippen molar-refractivity contribution < 1.29 is 32.2 Å². The quantitative estimate of drug-likeness (QED) is 0.0739. The number of carbonyl (C=O) groups excluding carboxylic acids is 2. The van der Waals surface area contributed by atoms with Crippen molar-refractivity contribution in [2.24, 2.45) is 25.8 Å². The van der Waals surface area contributed by atoms with Gasteiger partial charge in [-0.2, -0.15) is 5.10 Å². The maximum atomic E-state index is 12.6. The molecule has 0 atom stereocenters. The van der Waals surface area contributed by atoms with E-state index in [1.54, 1.807) is 58.3 Å². The molecule has 52 heavy (non-hydrogen) atoms. The summed E-state index contributed by atoms with van der Waals surface area (Å²) in [6.07, 6.45) is -1.84. The molecule has 4 N–H and O–H groups in total. The molecule has 0 saturated carbocycles. The average Bonchev–Trinajstić information content (AvgIpc) is 3.06. The SMILES string of the molecule is Cc1cccc(C)c1N=C(N/N=C\c1ccc(C(N)=NC=Nc2ccc(OC(F)(F)F)cc2)cc1)SCC(=O)NCCCN(C)C(=O)OC(C)(C)C. The first-order valence-corrected chi connectivity index (χ1v) is 17.1. The summed E-state index contributed by atoms with van der Waals surface area (Å²) >= 11 is 1.20. The van der Waals surface area contributed by atoms with E-state index in [4.69, 9.17) is 15.5 Å². The lowest BCUT2D eigenvalue weighted by atomic mass is 10.1. The van der Waals surface area contributed by atoms with E-state index in [1.165, 1.54) is 35.1 Å². The van der Waals surface area contributed by atoms with Crippen molar-refractivity contribution in [3.05, 3.63) is 89.0 Å². The molecule has 0 bridgehead atoms. The minimum atomic E-state index is -4.77. The molecule has 0 aliphatic heterocycles. The summed E-state index contributed by atoms with van der Waals surface area (Å²) in [6.45, 7) is 10.1. The van der Waals surface area contributed by atoms with Crippen molar-refractivity contribution in [1.82, 2.24) is 15.6 Å². The van der Waals surface area contributed by atoms with E-state index in [1.807, 2.05) is 32.0 Å². The highest BCUT2D eigenvalue weighted by Gasteiger charge is 2.31. The Morgan fingerprint density at radius 1 is 0.981 bits per heavy atom. The maximum Gasteiger partial charge on any atom is 0.573 e. The second-order valence-electron chi connectivity index (χ2n) is 12.3. The number of amidine groups is 2. The van der Waals surface area contributed by atoms with Gasteiger partial charge in [-0.05, 0) is 82.0 Å². The third kappa shape index (κ3) is 15.2. The minimum absolute atomic E-state index is 0.0859. The van der Waals surface area contributed by atoms with E-state index in [9.17, 15) is 22.8 Å². The second-order valence-corrected chi connectivity index (χ2v) is 13.3. The summed E-state index contributed by atoms with van der Waals surface area (Å²) in [4.78, 5) is 39.2. The Morgan fingerprint density at radius 2 is 1.63 bits per heavy atom. The van der Waals surface area contributed by atoms with Crippen molar-refractivity contribution in [3.63, 3.8) is 0 Å². The molecule has 2 amide bonds. The van der Waals surface area contributed by atoms with E-state index < -0.39 is 18.1 Å². The number of aliphatic imine (C=N–C) groups is 3. The highest BCUT2D eigenvalue weighted by molar-refractivity contribution is 8.14. The molecular weight excluding hydrogens is 698 g/mol. The molecule has 3 aromatic carbocycles. The second kappa shape index (κ2) is 19.3. The molecule has 0 unspecified atom stereocenters. The molecular formula is C36H43F3N8O4S. The van der Waals surface area contributed by atoms with Gasteiger partial charge < -0.3 is 25.4 Å². The molecule has 0 aliphatic rings. The van der Waals surface area contributed by atoms with Crippen molar-refractivity contribution in [3.8, 4) is 5.75 Å². The van der Waals surface area contributed by atoms with Crippen LogP contribution in [0.2, 0.25) is 0 Å². The molecule has 278 valence electrons. The van der Waals surface area contributed by atoms with Crippen LogP contribution in [-0.4, -0.2) is 78.3 Å². The lowest BCUT2D eigenvalue weighted by Crippen LogP contribution is -2.36. The van der Waals surface area contributed by atoms with Gasteiger partial charge in [0.2, 0.25) is 5.91 Å².